The zero-order chi connectivity index (χ0) is 9.97. The summed E-state index contributed by atoms with van der Waals surface area (Å²) in [6.07, 6.45) is 2.62. The first-order valence-electron chi connectivity index (χ1n) is 5.17. The highest BCUT2D eigenvalue weighted by molar-refractivity contribution is 5.21. The first-order valence-corrected chi connectivity index (χ1v) is 5.17. The molecule has 0 bridgehead atoms. The maximum atomic E-state index is 5.60. The molecule has 2 N–H and O–H groups in total. The molecule has 1 fully saturated rings. The minimum absolute atomic E-state index is 0.473. The lowest BCUT2D eigenvalue weighted by Gasteiger charge is -2.13. The largest absolute Gasteiger partial charge is 0.361 e. The van der Waals surface area contributed by atoms with Gasteiger partial charge in [0.1, 0.15) is 11.5 Å². The Bertz CT molecular complexity index is 302. The van der Waals surface area contributed by atoms with Gasteiger partial charge in [-0.15, -0.1) is 0 Å². The maximum Gasteiger partial charge on any atom is 0.138 e. The third kappa shape index (κ3) is 1.81. The van der Waals surface area contributed by atoms with Crippen molar-refractivity contribution in [1.82, 2.24) is 10.1 Å². The van der Waals surface area contributed by atoms with Crippen molar-refractivity contribution in [2.24, 2.45) is 5.73 Å². The predicted molar refractivity (Wildman–Crippen MR) is 53.6 cm³/mol. The monoisotopic (exact) mass is 195 g/mol. The highest BCUT2D eigenvalue weighted by atomic mass is 16.5. The van der Waals surface area contributed by atoms with Crippen LogP contribution >= 0.6 is 0 Å². The van der Waals surface area contributed by atoms with E-state index in [2.05, 4.69) is 10.1 Å². The summed E-state index contributed by atoms with van der Waals surface area (Å²) in [4.78, 5) is 2.43. The van der Waals surface area contributed by atoms with Crippen molar-refractivity contribution in [3.8, 4) is 0 Å². The number of aryl methyl sites for hydroxylation is 1. The SMILES string of the molecule is Cc1onc(CN)c1CN1CCCC1. The van der Waals surface area contributed by atoms with Crippen molar-refractivity contribution in [3.05, 3.63) is 17.0 Å². The molecule has 4 heteroatoms. The Morgan fingerprint density at radius 2 is 2.14 bits per heavy atom. The van der Waals surface area contributed by atoms with Gasteiger partial charge in [-0.2, -0.15) is 0 Å². The Balaban J connectivity index is 2.09. The zero-order valence-corrected chi connectivity index (χ0v) is 8.62. The van der Waals surface area contributed by atoms with E-state index in [9.17, 15) is 0 Å². The molecule has 1 aliphatic rings. The second-order valence-corrected chi connectivity index (χ2v) is 3.85. The van der Waals surface area contributed by atoms with Gasteiger partial charge in [-0.3, -0.25) is 4.90 Å². The van der Waals surface area contributed by atoms with E-state index < -0.39 is 0 Å². The van der Waals surface area contributed by atoms with E-state index in [0.717, 1.165) is 18.0 Å². The minimum Gasteiger partial charge on any atom is -0.361 e. The fourth-order valence-electron chi connectivity index (χ4n) is 1.96. The van der Waals surface area contributed by atoms with Crippen LogP contribution in [0.2, 0.25) is 0 Å². The highest BCUT2D eigenvalue weighted by Crippen LogP contribution is 2.18. The highest BCUT2D eigenvalue weighted by Gasteiger charge is 2.17. The molecule has 0 atom stereocenters. The lowest BCUT2D eigenvalue weighted by molar-refractivity contribution is 0.326. The summed E-state index contributed by atoms with van der Waals surface area (Å²) < 4.78 is 5.14. The molecular weight excluding hydrogens is 178 g/mol. The fraction of sp³-hybridized carbons (Fsp3) is 0.700. The number of hydrogen-bond acceptors (Lipinski definition) is 4. The molecule has 0 radical (unpaired) electrons. The van der Waals surface area contributed by atoms with E-state index in [1.807, 2.05) is 6.92 Å². The van der Waals surface area contributed by atoms with Crippen LogP contribution in [0.5, 0.6) is 0 Å². The number of likely N-dealkylation sites (tertiary alicyclic amines) is 1. The molecule has 14 heavy (non-hydrogen) atoms. The van der Waals surface area contributed by atoms with E-state index in [4.69, 9.17) is 10.3 Å². The Labute approximate surface area is 84.0 Å². The molecule has 1 aromatic rings. The zero-order valence-electron chi connectivity index (χ0n) is 8.62. The van der Waals surface area contributed by atoms with Crippen LogP contribution in [0, 0.1) is 6.92 Å². The van der Waals surface area contributed by atoms with Gasteiger partial charge in [-0.05, 0) is 32.9 Å². The Hall–Kier alpha value is -0.870. The Morgan fingerprint density at radius 1 is 1.43 bits per heavy atom. The summed E-state index contributed by atoms with van der Waals surface area (Å²) in [7, 11) is 0. The van der Waals surface area contributed by atoms with E-state index in [0.29, 0.717) is 6.54 Å². The normalized spacial score (nSPS) is 17.9. The van der Waals surface area contributed by atoms with Crippen LogP contribution in [-0.2, 0) is 13.1 Å². The Kier molecular flexibility index (Phi) is 2.84. The lowest BCUT2D eigenvalue weighted by atomic mass is 10.2. The average molecular weight is 195 g/mol. The maximum absolute atomic E-state index is 5.60. The molecule has 0 spiro atoms. The molecular formula is C10H17N3O. The van der Waals surface area contributed by atoms with Crippen LogP contribution < -0.4 is 5.73 Å². The van der Waals surface area contributed by atoms with E-state index in [1.165, 1.54) is 31.5 Å². The Morgan fingerprint density at radius 3 is 2.79 bits per heavy atom. The molecule has 1 saturated heterocycles. The molecule has 1 aliphatic heterocycles. The fourth-order valence-corrected chi connectivity index (χ4v) is 1.96. The number of nitrogens with two attached hydrogens (primary N) is 1. The third-order valence-corrected chi connectivity index (χ3v) is 2.84. The summed E-state index contributed by atoms with van der Waals surface area (Å²) in [6, 6.07) is 0. The van der Waals surface area contributed by atoms with Gasteiger partial charge < -0.3 is 10.3 Å². The molecule has 0 saturated carbocycles. The smallest absolute Gasteiger partial charge is 0.138 e. The van der Waals surface area contributed by atoms with E-state index >= 15 is 0 Å². The topological polar surface area (TPSA) is 55.3 Å². The van der Waals surface area contributed by atoms with Gasteiger partial charge in [0.2, 0.25) is 0 Å². The summed E-state index contributed by atoms with van der Waals surface area (Å²) in [5.41, 5.74) is 7.70. The van der Waals surface area contributed by atoms with Crippen LogP contribution in [-0.4, -0.2) is 23.1 Å². The van der Waals surface area contributed by atoms with Crippen molar-refractivity contribution in [2.75, 3.05) is 13.1 Å². The van der Waals surface area contributed by atoms with Gasteiger partial charge in [-0.25, -0.2) is 0 Å². The van der Waals surface area contributed by atoms with Crippen molar-refractivity contribution in [3.63, 3.8) is 0 Å². The van der Waals surface area contributed by atoms with Crippen LogP contribution in [0.25, 0.3) is 0 Å². The minimum atomic E-state index is 0.473. The van der Waals surface area contributed by atoms with Crippen LogP contribution in [0.15, 0.2) is 4.52 Å². The molecule has 0 unspecified atom stereocenters. The second kappa shape index (κ2) is 4.11. The summed E-state index contributed by atoms with van der Waals surface area (Å²) in [5, 5.41) is 3.95. The lowest BCUT2D eigenvalue weighted by Crippen LogP contribution is -2.19. The van der Waals surface area contributed by atoms with Gasteiger partial charge in [-0.1, -0.05) is 5.16 Å². The molecule has 2 rings (SSSR count). The van der Waals surface area contributed by atoms with Gasteiger partial charge in [0.05, 0.1) is 0 Å². The van der Waals surface area contributed by atoms with Gasteiger partial charge in [0.25, 0.3) is 0 Å². The van der Waals surface area contributed by atoms with E-state index in [1.54, 1.807) is 0 Å². The predicted octanol–water partition coefficient (Wildman–Crippen LogP) is 1.04. The summed E-state index contributed by atoms with van der Waals surface area (Å²) in [6.45, 7) is 5.75. The second-order valence-electron chi connectivity index (χ2n) is 3.85. The van der Waals surface area contributed by atoms with Crippen molar-refractivity contribution >= 4 is 0 Å². The average Bonchev–Trinajstić information content (AvgIpc) is 2.79. The summed E-state index contributed by atoms with van der Waals surface area (Å²) >= 11 is 0. The van der Waals surface area contributed by atoms with Crippen LogP contribution in [0.1, 0.15) is 29.9 Å². The summed E-state index contributed by atoms with van der Waals surface area (Å²) in [5.74, 6) is 0.914. The van der Waals surface area contributed by atoms with Crippen molar-refractivity contribution in [1.29, 1.82) is 0 Å². The number of nitrogens with zero attached hydrogens (tertiary/aromatic N) is 2. The third-order valence-electron chi connectivity index (χ3n) is 2.84. The number of aromatic nitrogens is 1. The first kappa shape index (κ1) is 9.68. The number of rotatable bonds is 3. The van der Waals surface area contributed by atoms with Crippen molar-refractivity contribution in [2.45, 2.75) is 32.9 Å². The molecule has 78 valence electrons. The molecule has 2 heterocycles. The quantitative estimate of drug-likeness (QED) is 0.783. The van der Waals surface area contributed by atoms with E-state index in [-0.39, 0.29) is 0 Å². The molecule has 0 aliphatic carbocycles. The van der Waals surface area contributed by atoms with Gasteiger partial charge in [0, 0.05) is 18.7 Å². The number of hydrogen-bond donors (Lipinski definition) is 1. The van der Waals surface area contributed by atoms with Gasteiger partial charge >= 0.3 is 0 Å². The van der Waals surface area contributed by atoms with Crippen LogP contribution in [0.4, 0.5) is 0 Å². The molecule has 0 aromatic carbocycles. The van der Waals surface area contributed by atoms with Gasteiger partial charge in [0.15, 0.2) is 0 Å². The standard InChI is InChI=1S/C10H17N3O/c1-8-9(10(6-11)12-14-8)7-13-4-2-3-5-13/h2-7,11H2,1H3. The molecule has 0 amide bonds. The van der Waals surface area contributed by atoms with Crippen molar-refractivity contribution < 1.29 is 4.52 Å². The molecule has 1 aromatic heterocycles. The van der Waals surface area contributed by atoms with Crippen LogP contribution in [0.3, 0.4) is 0 Å². The molecule has 4 nitrogen and oxygen atoms in total. The first-order chi connectivity index (χ1) is 6.81.